The molecule has 41 heavy (non-hydrogen) atoms. The smallest absolute Gasteiger partial charge is 0.272 e. The van der Waals surface area contributed by atoms with E-state index in [1.165, 1.54) is 12.0 Å². The average Bonchev–Trinajstić information content (AvgIpc) is 3.40. The van der Waals surface area contributed by atoms with Gasteiger partial charge in [-0.15, -0.1) is 0 Å². The van der Waals surface area contributed by atoms with Crippen LogP contribution in [-0.2, 0) is 13.1 Å². The SMILES string of the molecule is CN(C)CCCn1cnc2c(NN(C(=O)c3ccc(CN4CCN(C)CC4)cc3)C3CCCCC3)nc(C#N)nc21. The third-order valence-corrected chi connectivity index (χ3v) is 8.16. The summed E-state index contributed by atoms with van der Waals surface area (Å²) in [6, 6.07) is 10.1. The lowest BCUT2D eigenvalue weighted by Gasteiger charge is -2.34. The first-order valence-electron chi connectivity index (χ1n) is 14.8. The Kier molecular flexibility index (Phi) is 9.44. The third-order valence-electron chi connectivity index (χ3n) is 8.16. The Labute approximate surface area is 242 Å². The number of hydrogen-bond acceptors (Lipinski definition) is 9. The van der Waals surface area contributed by atoms with Crippen LogP contribution in [0.15, 0.2) is 30.6 Å². The lowest BCUT2D eigenvalue weighted by molar-refractivity contribution is 0.0692. The molecule has 218 valence electrons. The monoisotopic (exact) mass is 558 g/mol. The average molecular weight is 559 g/mol. The zero-order chi connectivity index (χ0) is 28.8. The Bertz CT molecular complexity index is 1350. The first-order chi connectivity index (χ1) is 19.9. The summed E-state index contributed by atoms with van der Waals surface area (Å²) in [5.41, 5.74) is 6.32. The van der Waals surface area contributed by atoms with Gasteiger partial charge in [-0.3, -0.25) is 15.1 Å². The second-order valence-corrected chi connectivity index (χ2v) is 11.6. The number of nitrogens with zero attached hydrogens (tertiary/aromatic N) is 9. The van der Waals surface area contributed by atoms with E-state index in [0.717, 1.165) is 77.9 Å². The highest BCUT2D eigenvalue weighted by Gasteiger charge is 2.28. The molecule has 2 aromatic heterocycles. The number of carbonyl (C=O) groups excluding carboxylic acids is 1. The van der Waals surface area contributed by atoms with Crippen molar-refractivity contribution in [3.8, 4) is 6.07 Å². The van der Waals surface area contributed by atoms with E-state index in [0.29, 0.717) is 22.5 Å². The van der Waals surface area contributed by atoms with Gasteiger partial charge in [-0.25, -0.2) is 9.99 Å². The van der Waals surface area contributed by atoms with Crippen LogP contribution in [0.2, 0.25) is 0 Å². The molecule has 1 N–H and O–H groups in total. The number of aromatic nitrogens is 4. The summed E-state index contributed by atoms with van der Waals surface area (Å²) in [5.74, 6) is 0.348. The van der Waals surface area contributed by atoms with E-state index in [2.05, 4.69) is 60.3 Å². The molecule has 0 atom stereocenters. The van der Waals surface area contributed by atoms with Gasteiger partial charge in [0, 0.05) is 44.8 Å². The number of rotatable bonds is 10. The van der Waals surface area contributed by atoms with Crippen LogP contribution in [-0.4, -0.2) is 105 Å². The summed E-state index contributed by atoms with van der Waals surface area (Å²) < 4.78 is 1.96. The molecule has 1 amide bonds. The Hall–Kier alpha value is -3.59. The second kappa shape index (κ2) is 13.4. The number of hydrazine groups is 1. The van der Waals surface area contributed by atoms with E-state index in [9.17, 15) is 10.1 Å². The maximum absolute atomic E-state index is 14.0. The molecule has 2 aliphatic rings. The van der Waals surface area contributed by atoms with Crippen LogP contribution >= 0.6 is 0 Å². The molecule has 1 aliphatic carbocycles. The van der Waals surface area contributed by atoms with Crippen LogP contribution in [0, 0.1) is 11.3 Å². The maximum atomic E-state index is 14.0. The number of piperazine rings is 1. The van der Waals surface area contributed by atoms with Crippen LogP contribution < -0.4 is 5.43 Å². The normalized spacial score (nSPS) is 17.1. The van der Waals surface area contributed by atoms with Gasteiger partial charge in [-0.05, 0) is 64.6 Å². The summed E-state index contributed by atoms with van der Waals surface area (Å²) in [5, 5.41) is 11.4. The number of nitriles is 1. The number of carbonyl (C=O) groups is 1. The Morgan fingerprint density at radius 2 is 1.80 bits per heavy atom. The van der Waals surface area contributed by atoms with Gasteiger partial charge < -0.3 is 14.4 Å². The first-order valence-corrected chi connectivity index (χ1v) is 14.8. The summed E-state index contributed by atoms with van der Waals surface area (Å²) in [7, 11) is 6.25. The zero-order valence-electron chi connectivity index (χ0n) is 24.6. The number of benzene rings is 1. The standard InChI is InChI=1S/C30H42N10O/c1-36(2)14-7-15-39-22-32-27-28(33-26(20-31)34-29(27)39)35-40(25-8-5-4-6-9-25)30(41)24-12-10-23(11-13-24)21-38-18-16-37(3)17-19-38/h10-13,22,25H,4-9,14-19,21H2,1-3H3,(H,33,34,35). The molecule has 3 heterocycles. The van der Waals surface area contributed by atoms with Crippen LogP contribution in [0.4, 0.5) is 5.82 Å². The van der Waals surface area contributed by atoms with E-state index in [-0.39, 0.29) is 17.8 Å². The molecule has 3 aromatic rings. The van der Waals surface area contributed by atoms with Gasteiger partial charge in [0.05, 0.1) is 12.4 Å². The summed E-state index contributed by atoms with van der Waals surface area (Å²) in [6.07, 6.45) is 7.81. The van der Waals surface area contributed by atoms with E-state index in [4.69, 9.17) is 0 Å². The van der Waals surface area contributed by atoms with Crippen LogP contribution in [0.1, 0.15) is 60.3 Å². The number of anilines is 1. The topological polar surface area (TPSA) is 109 Å². The van der Waals surface area contributed by atoms with E-state index >= 15 is 0 Å². The first kappa shape index (κ1) is 28.9. The number of imidazole rings is 1. The molecular formula is C30H42N10O. The number of amides is 1. The molecule has 1 saturated heterocycles. The minimum absolute atomic E-state index is 0.0268. The van der Waals surface area contributed by atoms with Crippen molar-refractivity contribution in [3.05, 3.63) is 47.5 Å². The van der Waals surface area contributed by atoms with Gasteiger partial charge in [0.15, 0.2) is 17.0 Å². The van der Waals surface area contributed by atoms with Crippen molar-refractivity contribution in [1.29, 1.82) is 5.26 Å². The third kappa shape index (κ3) is 7.19. The fraction of sp³-hybridized carbons (Fsp3) is 0.567. The highest BCUT2D eigenvalue weighted by Crippen LogP contribution is 2.27. The van der Waals surface area contributed by atoms with Crippen molar-refractivity contribution in [2.45, 2.75) is 57.7 Å². The predicted molar refractivity (Wildman–Crippen MR) is 159 cm³/mol. The van der Waals surface area contributed by atoms with Crippen LogP contribution in [0.5, 0.6) is 0 Å². The largest absolute Gasteiger partial charge is 0.315 e. The summed E-state index contributed by atoms with van der Waals surface area (Å²) in [6.45, 7) is 6.81. The molecular weight excluding hydrogens is 516 g/mol. The van der Waals surface area contributed by atoms with Crippen molar-refractivity contribution in [2.24, 2.45) is 0 Å². The highest BCUT2D eigenvalue weighted by molar-refractivity contribution is 5.96. The fourth-order valence-electron chi connectivity index (χ4n) is 5.71. The number of fused-ring (bicyclic) bond motifs is 1. The van der Waals surface area contributed by atoms with E-state index in [1.807, 2.05) is 30.8 Å². The predicted octanol–water partition coefficient (Wildman–Crippen LogP) is 3.20. The van der Waals surface area contributed by atoms with Gasteiger partial charge >= 0.3 is 0 Å². The number of nitrogens with one attached hydrogen (secondary N) is 1. The van der Waals surface area contributed by atoms with Crippen molar-refractivity contribution >= 4 is 22.9 Å². The number of hydrogen-bond donors (Lipinski definition) is 1. The van der Waals surface area contributed by atoms with Crippen molar-refractivity contribution in [3.63, 3.8) is 0 Å². The minimum Gasteiger partial charge on any atom is -0.315 e. The quantitative estimate of drug-likeness (QED) is 0.375. The van der Waals surface area contributed by atoms with Gasteiger partial charge in [0.1, 0.15) is 6.07 Å². The zero-order valence-corrected chi connectivity index (χ0v) is 24.6. The molecule has 1 saturated carbocycles. The molecule has 0 spiro atoms. The fourth-order valence-corrected chi connectivity index (χ4v) is 5.71. The molecule has 0 unspecified atom stereocenters. The van der Waals surface area contributed by atoms with Crippen molar-refractivity contribution in [1.82, 2.24) is 39.2 Å². The number of aryl methyl sites for hydroxylation is 1. The Morgan fingerprint density at radius 3 is 2.49 bits per heavy atom. The molecule has 11 heteroatoms. The van der Waals surface area contributed by atoms with Crippen molar-refractivity contribution in [2.75, 3.05) is 59.3 Å². The van der Waals surface area contributed by atoms with Crippen molar-refractivity contribution < 1.29 is 4.79 Å². The van der Waals surface area contributed by atoms with Crippen LogP contribution in [0.25, 0.3) is 11.2 Å². The molecule has 5 rings (SSSR count). The molecule has 0 bridgehead atoms. The lowest BCUT2D eigenvalue weighted by Crippen LogP contribution is -2.45. The van der Waals surface area contributed by atoms with Gasteiger partial charge in [-0.2, -0.15) is 15.2 Å². The van der Waals surface area contributed by atoms with Crippen LogP contribution in [0.3, 0.4) is 0 Å². The van der Waals surface area contributed by atoms with E-state index in [1.54, 1.807) is 11.3 Å². The summed E-state index contributed by atoms with van der Waals surface area (Å²) in [4.78, 5) is 34.5. The maximum Gasteiger partial charge on any atom is 0.272 e. The molecule has 1 aliphatic heterocycles. The molecule has 1 aromatic carbocycles. The molecule has 2 fully saturated rings. The molecule has 0 radical (unpaired) electrons. The lowest BCUT2D eigenvalue weighted by atomic mass is 9.94. The minimum atomic E-state index is -0.0984. The second-order valence-electron chi connectivity index (χ2n) is 11.6. The Morgan fingerprint density at radius 1 is 1.07 bits per heavy atom. The highest BCUT2D eigenvalue weighted by atomic mass is 16.2. The van der Waals surface area contributed by atoms with Gasteiger partial charge in [0.25, 0.3) is 5.91 Å². The van der Waals surface area contributed by atoms with Gasteiger partial charge in [0.2, 0.25) is 5.82 Å². The molecule has 11 nitrogen and oxygen atoms in total. The Balaban J connectivity index is 1.38. The summed E-state index contributed by atoms with van der Waals surface area (Å²) >= 11 is 0. The van der Waals surface area contributed by atoms with E-state index < -0.39 is 0 Å². The van der Waals surface area contributed by atoms with Gasteiger partial charge in [-0.1, -0.05) is 31.4 Å². The number of likely N-dealkylation sites (N-methyl/N-ethyl adjacent to an activating group) is 1.